The van der Waals surface area contributed by atoms with Crippen molar-refractivity contribution in [2.75, 3.05) is 24.6 Å². The summed E-state index contributed by atoms with van der Waals surface area (Å²) in [5, 5.41) is 8.53. The van der Waals surface area contributed by atoms with Crippen LogP contribution in [-0.4, -0.2) is 50.7 Å². The molecular weight excluding hydrogens is 286 g/mol. The maximum atomic E-state index is 12.2. The summed E-state index contributed by atoms with van der Waals surface area (Å²) < 4.78 is 11.2. The Morgan fingerprint density at radius 3 is 2.63 bits per heavy atom. The highest BCUT2D eigenvalue weighted by Crippen LogP contribution is 2.20. The second-order valence-electron chi connectivity index (χ2n) is 4.01. The fourth-order valence-corrected chi connectivity index (χ4v) is 3.64. The van der Waals surface area contributed by atoms with E-state index in [2.05, 4.69) is 0 Å². The van der Waals surface area contributed by atoms with Crippen LogP contribution in [0.25, 0.3) is 6.08 Å². The molecule has 0 radical (unpaired) electrons. The van der Waals surface area contributed by atoms with Crippen LogP contribution in [0.3, 0.4) is 0 Å². The molecule has 19 heavy (non-hydrogen) atoms. The Balaban J connectivity index is 2.03. The molecule has 102 valence electrons. The number of rotatable bonds is 3. The summed E-state index contributed by atoms with van der Waals surface area (Å²) >= 11 is 1.26. The molecule has 2 rings (SSSR count). The maximum absolute atomic E-state index is 12.2. The lowest BCUT2D eigenvalue weighted by atomic mass is 10.3. The zero-order valence-corrected chi connectivity index (χ0v) is 11.7. The van der Waals surface area contributed by atoms with Gasteiger partial charge in [-0.2, -0.15) is 0 Å². The van der Waals surface area contributed by atoms with Gasteiger partial charge in [-0.1, -0.05) is 0 Å². The Morgan fingerprint density at radius 1 is 1.32 bits per heavy atom. The number of carbonyl (C=O) groups is 2. The van der Waals surface area contributed by atoms with Gasteiger partial charge >= 0.3 is 5.97 Å². The molecule has 0 atom stereocenters. The van der Waals surface area contributed by atoms with Crippen LogP contribution >= 0.6 is 11.3 Å². The van der Waals surface area contributed by atoms with Gasteiger partial charge in [0.2, 0.25) is 0 Å². The summed E-state index contributed by atoms with van der Waals surface area (Å²) in [6, 6.07) is 3.42. The Labute approximate surface area is 117 Å². The minimum Gasteiger partial charge on any atom is -0.478 e. The van der Waals surface area contributed by atoms with E-state index in [1.165, 1.54) is 17.4 Å². The van der Waals surface area contributed by atoms with Crippen molar-refractivity contribution in [3.63, 3.8) is 0 Å². The molecule has 1 aromatic heterocycles. The average Bonchev–Trinajstić information content (AvgIpc) is 2.85. The Hall–Kier alpha value is -1.47. The molecule has 1 N–H and O–H groups in total. The second-order valence-corrected chi connectivity index (χ2v) is 6.83. The summed E-state index contributed by atoms with van der Waals surface area (Å²) in [6.45, 7) is 1.04. The van der Waals surface area contributed by atoms with Crippen LogP contribution in [0.15, 0.2) is 18.2 Å². The number of amides is 1. The zero-order chi connectivity index (χ0) is 13.8. The third-order valence-corrected chi connectivity index (χ3v) is 5.01. The van der Waals surface area contributed by atoms with E-state index in [1.54, 1.807) is 17.0 Å². The lowest BCUT2D eigenvalue weighted by Crippen LogP contribution is -2.41. The van der Waals surface area contributed by atoms with E-state index in [1.807, 2.05) is 0 Å². The van der Waals surface area contributed by atoms with Crippen LogP contribution in [0.1, 0.15) is 14.5 Å². The lowest BCUT2D eigenvalue weighted by molar-refractivity contribution is -0.131. The minimum absolute atomic E-state index is 0.0725. The summed E-state index contributed by atoms with van der Waals surface area (Å²) in [5.74, 6) is -0.0253. The van der Waals surface area contributed by atoms with Gasteiger partial charge in [-0.25, -0.2) is 4.79 Å². The molecule has 0 saturated carbocycles. The van der Waals surface area contributed by atoms with E-state index >= 15 is 0 Å². The third-order valence-electron chi connectivity index (χ3n) is 2.69. The predicted molar refractivity (Wildman–Crippen MR) is 74.8 cm³/mol. The number of carboxylic acid groups (broad SMARTS) is 1. The summed E-state index contributed by atoms with van der Waals surface area (Å²) in [4.78, 5) is 25.6. The first-order valence-corrected chi connectivity index (χ1v) is 8.02. The van der Waals surface area contributed by atoms with Gasteiger partial charge in [0.15, 0.2) is 0 Å². The standard InChI is InChI=1S/C12H13NO4S2/c14-11(15)4-2-9-1-3-10(18-9)12(16)13-5-7-19(17)8-6-13/h1-4H,5-8H2,(H,14,15). The normalized spacial score (nSPS) is 16.9. The van der Waals surface area contributed by atoms with E-state index < -0.39 is 16.8 Å². The van der Waals surface area contributed by atoms with Crippen LogP contribution in [0.4, 0.5) is 0 Å². The molecule has 1 amide bonds. The van der Waals surface area contributed by atoms with Crippen molar-refractivity contribution in [3.05, 3.63) is 28.0 Å². The topological polar surface area (TPSA) is 74.7 Å². The molecule has 1 saturated heterocycles. The highest BCUT2D eigenvalue weighted by Gasteiger charge is 2.22. The smallest absolute Gasteiger partial charge is 0.328 e. The van der Waals surface area contributed by atoms with Crippen molar-refractivity contribution in [2.45, 2.75) is 0 Å². The largest absolute Gasteiger partial charge is 0.478 e. The number of hydrogen-bond acceptors (Lipinski definition) is 4. The van der Waals surface area contributed by atoms with E-state index in [9.17, 15) is 13.8 Å². The van der Waals surface area contributed by atoms with Gasteiger partial charge in [0.05, 0.1) is 4.88 Å². The SMILES string of the molecule is O=C(O)C=Cc1ccc(C(=O)N2CCS(=O)CC2)s1. The molecule has 1 aromatic rings. The molecule has 0 bridgehead atoms. The molecule has 7 heteroatoms. The number of carboxylic acids is 1. The minimum atomic E-state index is -1.01. The van der Waals surface area contributed by atoms with Crippen LogP contribution in [-0.2, 0) is 15.6 Å². The van der Waals surface area contributed by atoms with Crippen LogP contribution in [0, 0.1) is 0 Å². The molecule has 0 aliphatic carbocycles. The second kappa shape index (κ2) is 6.12. The van der Waals surface area contributed by atoms with E-state index in [0.29, 0.717) is 29.5 Å². The van der Waals surface area contributed by atoms with Crippen molar-refractivity contribution in [1.82, 2.24) is 4.90 Å². The number of thiophene rings is 1. The predicted octanol–water partition coefficient (Wildman–Crippen LogP) is 1.05. The third kappa shape index (κ3) is 3.74. The first kappa shape index (κ1) is 14.0. The van der Waals surface area contributed by atoms with Crippen LogP contribution in [0.5, 0.6) is 0 Å². The molecule has 1 aliphatic heterocycles. The summed E-state index contributed by atoms with van der Waals surface area (Å²) in [7, 11) is -0.804. The molecule has 0 aromatic carbocycles. The molecule has 0 unspecified atom stereocenters. The van der Waals surface area contributed by atoms with Gasteiger partial charge in [0.25, 0.3) is 5.91 Å². The van der Waals surface area contributed by atoms with Gasteiger partial charge in [-0.05, 0) is 18.2 Å². The monoisotopic (exact) mass is 299 g/mol. The van der Waals surface area contributed by atoms with Gasteiger partial charge in [-0.3, -0.25) is 9.00 Å². The van der Waals surface area contributed by atoms with Crippen LogP contribution in [0.2, 0.25) is 0 Å². The number of carbonyl (C=O) groups excluding carboxylic acids is 1. The number of hydrogen-bond donors (Lipinski definition) is 1. The molecule has 1 aliphatic rings. The first-order chi connectivity index (χ1) is 9.06. The summed E-state index contributed by atoms with van der Waals surface area (Å²) in [6.07, 6.45) is 2.51. The molecule has 0 spiro atoms. The van der Waals surface area contributed by atoms with Crippen molar-refractivity contribution in [2.24, 2.45) is 0 Å². The fourth-order valence-electron chi connectivity index (χ4n) is 1.71. The molecule has 5 nitrogen and oxygen atoms in total. The zero-order valence-electron chi connectivity index (χ0n) is 10.1. The lowest BCUT2D eigenvalue weighted by Gasteiger charge is -2.25. The van der Waals surface area contributed by atoms with E-state index in [0.717, 1.165) is 11.0 Å². The van der Waals surface area contributed by atoms with Crippen molar-refractivity contribution in [3.8, 4) is 0 Å². The van der Waals surface area contributed by atoms with E-state index in [4.69, 9.17) is 5.11 Å². The number of nitrogens with zero attached hydrogens (tertiary/aromatic N) is 1. The molecule has 2 heterocycles. The van der Waals surface area contributed by atoms with Crippen molar-refractivity contribution in [1.29, 1.82) is 0 Å². The molecular formula is C12H13NO4S2. The molecule has 1 fully saturated rings. The highest BCUT2D eigenvalue weighted by molar-refractivity contribution is 7.85. The van der Waals surface area contributed by atoms with Crippen LogP contribution < -0.4 is 0 Å². The van der Waals surface area contributed by atoms with Crippen molar-refractivity contribution >= 4 is 40.1 Å². The quantitative estimate of drug-likeness (QED) is 0.847. The first-order valence-electron chi connectivity index (χ1n) is 5.71. The Bertz CT molecular complexity index is 540. The summed E-state index contributed by atoms with van der Waals surface area (Å²) in [5.41, 5.74) is 0. The average molecular weight is 299 g/mol. The van der Waals surface area contributed by atoms with E-state index in [-0.39, 0.29) is 5.91 Å². The number of aliphatic carboxylic acids is 1. The van der Waals surface area contributed by atoms with Gasteiger partial charge < -0.3 is 10.0 Å². The Kier molecular flexibility index (Phi) is 4.49. The highest BCUT2D eigenvalue weighted by atomic mass is 32.2. The Morgan fingerprint density at radius 2 is 2.00 bits per heavy atom. The van der Waals surface area contributed by atoms with Gasteiger partial charge in [-0.15, -0.1) is 11.3 Å². The van der Waals surface area contributed by atoms with Gasteiger partial charge in [0.1, 0.15) is 0 Å². The van der Waals surface area contributed by atoms with Gasteiger partial charge in [0, 0.05) is 46.3 Å². The van der Waals surface area contributed by atoms with Crippen molar-refractivity contribution < 1.29 is 18.9 Å². The fraction of sp³-hybridized carbons (Fsp3) is 0.333. The maximum Gasteiger partial charge on any atom is 0.328 e.